The number of aliphatic carboxylic acids is 1. The number of nitrogen functional groups attached to an aromatic ring is 1. The molecule has 0 aliphatic rings. The maximum absolute atomic E-state index is 13.7. The highest BCUT2D eigenvalue weighted by Gasteiger charge is 2.30. The minimum Gasteiger partial charge on any atom is -0.481 e. The highest BCUT2D eigenvalue weighted by molar-refractivity contribution is 7.92. The van der Waals surface area contributed by atoms with E-state index in [2.05, 4.69) is 25.5 Å². The average molecular weight is 511 g/mol. The Bertz CT molecular complexity index is 1540. The van der Waals surface area contributed by atoms with Crippen LogP contribution in [0.15, 0.2) is 47.5 Å². The van der Waals surface area contributed by atoms with Gasteiger partial charge < -0.3 is 21.1 Å². The summed E-state index contributed by atoms with van der Waals surface area (Å²) in [6, 6.07) is 10.2. The van der Waals surface area contributed by atoms with Gasteiger partial charge in [-0.25, -0.2) is 13.4 Å². The Hall–Kier alpha value is -4.39. The Morgan fingerprint density at radius 3 is 2.53 bits per heavy atom. The molecule has 0 fully saturated rings. The van der Waals surface area contributed by atoms with E-state index >= 15 is 0 Å². The second-order valence-electron chi connectivity index (χ2n) is 8.21. The number of anilines is 2. The van der Waals surface area contributed by atoms with E-state index < -0.39 is 16.0 Å². The molecular formula is C23H26N8O4S. The minimum atomic E-state index is -4.11. The molecule has 0 unspecified atom stereocenters. The number of nitrogens with two attached hydrogens (primary N) is 1. The van der Waals surface area contributed by atoms with Crippen molar-refractivity contribution >= 4 is 44.2 Å². The summed E-state index contributed by atoms with van der Waals surface area (Å²) < 4.78 is 28.4. The van der Waals surface area contributed by atoms with Crippen LogP contribution in [0.2, 0.25) is 0 Å². The fourth-order valence-electron chi connectivity index (χ4n) is 3.84. The van der Waals surface area contributed by atoms with Gasteiger partial charge in [-0.3, -0.25) is 19.6 Å². The van der Waals surface area contributed by atoms with E-state index in [1.54, 1.807) is 44.2 Å². The van der Waals surface area contributed by atoms with Crippen LogP contribution in [0.3, 0.4) is 0 Å². The van der Waals surface area contributed by atoms with Gasteiger partial charge in [0.15, 0.2) is 0 Å². The first kappa shape index (κ1) is 24.7. The monoisotopic (exact) mass is 510 g/mol. The van der Waals surface area contributed by atoms with Crippen molar-refractivity contribution in [1.29, 1.82) is 5.41 Å². The number of imidazole rings is 1. The molecule has 0 spiro atoms. The van der Waals surface area contributed by atoms with E-state index in [0.29, 0.717) is 45.9 Å². The summed E-state index contributed by atoms with van der Waals surface area (Å²) in [6.07, 6.45) is 1.00. The number of aryl methyl sites for hydroxylation is 2. The number of rotatable bonds is 10. The number of hydrogen-bond donors (Lipinski definition) is 6. The van der Waals surface area contributed by atoms with Crippen molar-refractivity contribution in [3.8, 4) is 0 Å². The molecule has 4 rings (SSSR count). The Kier molecular flexibility index (Phi) is 6.66. The van der Waals surface area contributed by atoms with Crippen molar-refractivity contribution in [2.45, 2.75) is 31.7 Å². The number of nitrogens with zero attached hydrogens (tertiary/aromatic N) is 3. The van der Waals surface area contributed by atoms with Gasteiger partial charge >= 0.3 is 5.97 Å². The molecule has 0 amide bonds. The van der Waals surface area contributed by atoms with E-state index in [-0.39, 0.29) is 23.7 Å². The maximum atomic E-state index is 13.7. The minimum absolute atomic E-state index is 0.00970. The van der Waals surface area contributed by atoms with Gasteiger partial charge in [-0.05, 0) is 55.8 Å². The number of carboxylic acid groups (broad SMARTS) is 1. The zero-order valence-corrected chi connectivity index (χ0v) is 20.5. The first-order valence-electron chi connectivity index (χ1n) is 11.0. The summed E-state index contributed by atoms with van der Waals surface area (Å²) >= 11 is 0. The Morgan fingerprint density at radius 2 is 1.92 bits per heavy atom. The van der Waals surface area contributed by atoms with Crippen LogP contribution in [0, 0.1) is 19.3 Å². The number of hydrogen-bond acceptors (Lipinski definition) is 7. The third-order valence-corrected chi connectivity index (χ3v) is 7.69. The predicted octanol–water partition coefficient (Wildman–Crippen LogP) is 2.47. The standard InChI is InChI=1S/C23H26N8O4S/c1-13-19(36(34,35)31(10-9-21(32)33)18-11-27-30-14(18)2)8-7-17-22(13)29-20(28-17)12-26-16-5-3-15(4-6-16)23(24)25/h3-8,11,26H,9-10,12H2,1-2H3,(H3,24,25)(H,27,30)(H,28,29)(H,32,33). The van der Waals surface area contributed by atoms with Crippen LogP contribution in [0.25, 0.3) is 11.0 Å². The van der Waals surface area contributed by atoms with Crippen LogP contribution >= 0.6 is 0 Å². The molecule has 13 heteroatoms. The van der Waals surface area contributed by atoms with Gasteiger partial charge in [0, 0.05) is 17.8 Å². The number of carbonyl (C=O) groups is 1. The van der Waals surface area contributed by atoms with Gasteiger partial charge in [-0.15, -0.1) is 0 Å². The second kappa shape index (κ2) is 9.70. The number of aromatic nitrogens is 4. The highest BCUT2D eigenvalue weighted by atomic mass is 32.2. The summed E-state index contributed by atoms with van der Waals surface area (Å²) in [5.41, 5.74) is 9.33. The van der Waals surface area contributed by atoms with Crippen molar-refractivity contribution < 1.29 is 18.3 Å². The fraction of sp³-hybridized carbons (Fsp3) is 0.217. The van der Waals surface area contributed by atoms with Crippen LogP contribution < -0.4 is 15.4 Å². The molecule has 0 radical (unpaired) electrons. The van der Waals surface area contributed by atoms with E-state index in [0.717, 1.165) is 9.99 Å². The van der Waals surface area contributed by atoms with Gasteiger partial charge in [-0.1, -0.05) is 0 Å². The zero-order chi connectivity index (χ0) is 26.0. The zero-order valence-electron chi connectivity index (χ0n) is 19.7. The lowest BCUT2D eigenvalue weighted by Crippen LogP contribution is -2.33. The summed E-state index contributed by atoms with van der Waals surface area (Å²) in [7, 11) is -4.11. The largest absolute Gasteiger partial charge is 0.481 e. The summed E-state index contributed by atoms with van der Waals surface area (Å²) in [4.78, 5) is 19.0. The number of aromatic amines is 2. The fourth-order valence-corrected chi connectivity index (χ4v) is 5.58. The quantitative estimate of drug-likeness (QED) is 0.138. The van der Waals surface area contributed by atoms with Gasteiger partial charge in [0.2, 0.25) is 0 Å². The van der Waals surface area contributed by atoms with Crippen LogP contribution in [0.1, 0.15) is 29.1 Å². The maximum Gasteiger partial charge on any atom is 0.305 e. The molecule has 0 atom stereocenters. The first-order chi connectivity index (χ1) is 17.1. The number of benzene rings is 2. The molecule has 2 heterocycles. The molecule has 2 aromatic carbocycles. The van der Waals surface area contributed by atoms with Crippen LogP contribution in [0.5, 0.6) is 0 Å². The van der Waals surface area contributed by atoms with Gasteiger partial charge in [0.05, 0.1) is 46.5 Å². The average Bonchev–Trinajstić information content (AvgIpc) is 3.44. The molecule has 188 valence electrons. The van der Waals surface area contributed by atoms with E-state index in [1.165, 1.54) is 12.3 Å². The van der Waals surface area contributed by atoms with Gasteiger partial charge in [-0.2, -0.15) is 5.10 Å². The molecule has 0 bridgehead atoms. The molecule has 0 saturated heterocycles. The first-order valence-corrected chi connectivity index (χ1v) is 12.4. The number of sulfonamides is 1. The van der Waals surface area contributed by atoms with Crippen molar-refractivity contribution in [2.75, 3.05) is 16.2 Å². The molecular weight excluding hydrogens is 484 g/mol. The van der Waals surface area contributed by atoms with Crippen molar-refractivity contribution in [1.82, 2.24) is 20.2 Å². The summed E-state index contributed by atoms with van der Waals surface area (Å²) in [6.45, 7) is 3.45. The van der Waals surface area contributed by atoms with Crippen molar-refractivity contribution in [2.24, 2.45) is 5.73 Å². The second-order valence-corrected chi connectivity index (χ2v) is 10.0. The highest BCUT2D eigenvalue weighted by Crippen LogP contribution is 2.30. The lowest BCUT2D eigenvalue weighted by molar-refractivity contribution is -0.136. The molecule has 0 saturated carbocycles. The van der Waals surface area contributed by atoms with Crippen LogP contribution in [-0.4, -0.2) is 52.0 Å². The third-order valence-electron chi connectivity index (χ3n) is 5.73. The molecule has 0 aliphatic carbocycles. The van der Waals surface area contributed by atoms with E-state index in [1.807, 2.05) is 0 Å². The van der Waals surface area contributed by atoms with E-state index in [4.69, 9.17) is 16.2 Å². The topological polar surface area (TPSA) is 194 Å². The molecule has 36 heavy (non-hydrogen) atoms. The molecule has 4 aromatic rings. The Morgan fingerprint density at radius 1 is 1.19 bits per heavy atom. The lowest BCUT2D eigenvalue weighted by Gasteiger charge is -2.24. The number of fused-ring (bicyclic) bond motifs is 1. The van der Waals surface area contributed by atoms with Gasteiger partial charge in [0.25, 0.3) is 10.0 Å². The molecule has 0 aliphatic heterocycles. The van der Waals surface area contributed by atoms with Crippen LogP contribution in [0.4, 0.5) is 11.4 Å². The molecule has 7 N–H and O–H groups in total. The van der Waals surface area contributed by atoms with E-state index in [9.17, 15) is 13.2 Å². The normalized spacial score (nSPS) is 11.5. The van der Waals surface area contributed by atoms with Crippen molar-refractivity contribution in [3.05, 3.63) is 65.2 Å². The molecule has 2 aromatic heterocycles. The van der Waals surface area contributed by atoms with Gasteiger partial charge in [0.1, 0.15) is 11.7 Å². The van der Waals surface area contributed by atoms with Crippen molar-refractivity contribution in [3.63, 3.8) is 0 Å². The lowest BCUT2D eigenvalue weighted by atomic mass is 10.2. The number of amidine groups is 1. The Labute approximate surface area is 207 Å². The molecule has 12 nitrogen and oxygen atoms in total. The van der Waals surface area contributed by atoms with Crippen LogP contribution in [-0.2, 0) is 21.4 Å². The number of H-pyrrole nitrogens is 2. The SMILES string of the molecule is Cc1[nH]ncc1N(CCC(=O)O)S(=O)(=O)c1ccc2[nH]c(CNc3ccc(C(=N)N)cc3)nc2c1C. The Balaban J connectivity index is 1.63. The number of nitrogens with one attached hydrogen (secondary N) is 4. The summed E-state index contributed by atoms with van der Waals surface area (Å²) in [5.74, 6) is -0.514. The number of carboxylic acids is 1. The predicted molar refractivity (Wildman–Crippen MR) is 136 cm³/mol. The smallest absolute Gasteiger partial charge is 0.305 e. The summed E-state index contributed by atoms with van der Waals surface area (Å²) in [5, 5.41) is 26.4. The third kappa shape index (κ3) is 4.86.